The summed E-state index contributed by atoms with van der Waals surface area (Å²) in [5.41, 5.74) is 3.54. The predicted octanol–water partition coefficient (Wildman–Crippen LogP) is 5.15. The van der Waals surface area contributed by atoms with E-state index in [4.69, 9.17) is 4.98 Å². The Morgan fingerprint density at radius 2 is 2.08 bits per heavy atom. The second-order valence-electron chi connectivity index (χ2n) is 6.02. The second kappa shape index (κ2) is 7.49. The van der Waals surface area contributed by atoms with Crippen molar-refractivity contribution in [2.45, 2.75) is 51.1 Å². The molecule has 0 aliphatic rings. The predicted molar refractivity (Wildman–Crippen MR) is 102 cm³/mol. The van der Waals surface area contributed by atoms with Crippen LogP contribution in [0, 0.1) is 6.92 Å². The summed E-state index contributed by atoms with van der Waals surface area (Å²) in [5.74, 6) is 1.86. The van der Waals surface area contributed by atoms with Crippen molar-refractivity contribution in [3.63, 3.8) is 0 Å². The first-order valence-corrected chi connectivity index (χ1v) is 10.0. The number of hydrogen-bond donors (Lipinski definition) is 0. The van der Waals surface area contributed by atoms with E-state index in [0.29, 0.717) is 6.04 Å². The Balaban J connectivity index is 1.73. The van der Waals surface area contributed by atoms with E-state index in [9.17, 15) is 0 Å². The number of thiazole rings is 1. The average molecular weight is 359 g/mol. The van der Waals surface area contributed by atoms with Crippen molar-refractivity contribution < 1.29 is 0 Å². The normalized spacial score (nSPS) is 11.4. The van der Waals surface area contributed by atoms with Gasteiger partial charge in [-0.05, 0) is 26.8 Å². The highest BCUT2D eigenvalue weighted by molar-refractivity contribution is 7.98. The summed E-state index contributed by atoms with van der Waals surface area (Å²) in [4.78, 5) is 4.78. The highest BCUT2D eigenvalue weighted by Crippen LogP contribution is 2.29. The summed E-state index contributed by atoms with van der Waals surface area (Å²) in [5, 5.41) is 12.9. The maximum absolute atomic E-state index is 4.78. The minimum absolute atomic E-state index is 0.371. The quantitative estimate of drug-likeness (QED) is 0.572. The number of benzene rings is 1. The fraction of sp³-hybridized carbons (Fsp3) is 0.389. The van der Waals surface area contributed by atoms with E-state index in [1.54, 1.807) is 23.1 Å². The monoisotopic (exact) mass is 358 g/mol. The van der Waals surface area contributed by atoms with Gasteiger partial charge in [-0.3, -0.25) is 0 Å². The Bertz CT molecular complexity index is 820. The van der Waals surface area contributed by atoms with Gasteiger partial charge in [0.25, 0.3) is 0 Å². The van der Waals surface area contributed by atoms with E-state index in [0.717, 1.165) is 33.9 Å². The maximum Gasteiger partial charge on any atom is 0.191 e. The van der Waals surface area contributed by atoms with E-state index in [1.807, 2.05) is 0 Å². The topological polar surface area (TPSA) is 43.6 Å². The summed E-state index contributed by atoms with van der Waals surface area (Å²) in [7, 11) is 0. The molecule has 1 aromatic carbocycles. The first kappa shape index (κ1) is 17.2. The lowest BCUT2D eigenvalue weighted by Crippen LogP contribution is -2.07. The molecule has 0 atom stereocenters. The summed E-state index contributed by atoms with van der Waals surface area (Å²) < 4.78 is 2.22. The van der Waals surface area contributed by atoms with Gasteiger partial charge in [0.2, 0.25) is 0 Å². The largest absolute Gasteiger partial charge is 0.303 e. The summed E-state index contributed by atoms with van der Waals surface area (Å²) in [6.07, 6.45) is 0.903. The highest BCUT2D eigenvalue weighted by atomic mass is 32.2. The van der Waals surface area contributed by atoms with E-state index >= 15 is 0 Å². The van der Waals surface area contributed by atoms with Crippen LogP contribution in [-0.2, 0) is 12.2 Å². The number of nitrogens with zero attached hydrogens (tertiary/aromatic N) is 4. The Morgan fingerprint density at radius 1 is 1.25 bits per heavy atom. The molecule has 2 aromatic heterocycles. The Labute approximate surface area is 151 Å². The third-order valence-corrected chi connectivity index (χ3v) is 5.65. The Hall–Kier alpha value is -1.66. The van der Waals surface area contributed by atoms with Crippen molar-refractivity contribution in [2.75, 3.05) is 0 Å². The van der Waals surface area contributed by atoms with Gasteiger partial charge in [0.05, 0.1) is 5.69 Å². The van der Waals surface area contributed by atoms with Gasteiger partial charge in [0, 0.05) is 29.2 Å². The molecule has 0 aliphatic carbocycles. The van der Waals surface area contributed by atoms with Crippen molar-refractivity contribution in [2.24, 2.45) is 0 Å². The van der Waals surface area contributed by atoms with E-state index in [2.05, 4.69) is 72.1 Å². The first-order valence-electron chi connectivity index (χ1n) is 8.16. The van der Waals surface area contributed by atoms with Crippen LogP contribution in [0.2, 0.25) is 0 Å². The van der Waals surface area contributed by atoms with Crippen molar-refractivity contribution in [1.29, 1.82) is 0 Å². The van der Waals surface area contributed by atoms with Crippen LogP contribution in [-0.4, -0.2) is 19.7 Å². The molecule has 6 heteroatoms. The van der Waals surface area contributed by atoms with E-state index < -0.39 is 0 Å². The minimum Gasteiger partial charge on any atom is -0.303 e. The molecule has 3 rings (SSSR count). The Morgan fingerprint density at radius 3 is 2.79 bits per heavy atom. The summed E-state index contributed by atoms with van der Waals surface area (Å²) >= 11 is 3.41. The number of aromatic nitrogens is 4. The SMILES string of the molecule is CCc1nnc(SCc2csc(-c3cccc(C)c3)n2)n1C(C)C. The molecule has 0 saturated heterocycles. The van der Waals surface area contributed by atoms with Crippen LogP contribution >= 0.6 is 23.1 Å². The lowest BCUT2D eigenvalue weighted by molar-refractivity contribution is 0.528. The standard InChI is InChI=1S/C18H22N4S2/c1-5-16-20-21-18(22(16)12(2)3)24-11-15-10-23-17(19-15)14-8-6-7-13(4)9-14/h6-10,12H,5,11H2,1-4H3. The molecule has 0 saturated carbocycles. The van der Waals surface area contributed by atoms with Crippen molar-refractivity contribution >= 4 is 23.1 Å². The molecule has 126 valence electrons. The molecular formula is C18H22N4S2. The molecule has 0 radical (unpaired) electrons. The molecule has 0 spiro atoms. The number of hydrogen-bond acceptors (Lipinski definition) is 5. The zero-order valence-corrected chi connectivity index (χ0v) is 16.1. The smallest absolute Gasteiger partial charge is 0.191 e. The summed E-state index contributed by atoms with van der Waals surface area (Å²) in [6.45, 7) is 8.57. The molecule has 3 aromatic rings. The Kier molecular flexibility index (Phi) is 5.36. The van der Waals surface area contributed by atoms with Gasteiger partial charge in [-0.25, -0.2) is 4.98 Å². The molecule has 0 N–H and O–H groups in total. The zero-order valence-electron chi connectivity index (χ0n) is 14.5. The highest BCUT2D eigenvalue weighted by Gasteiger charge is 2.14. The molecular weight excluding hydrogens is 336 g/mol. The van der Waals surface area contributed by atoms with Crippen LogP contribution in [0.3, 0.4) is 0 Å². The molecule has 2 heterocycles. The van der Waals surface area contributed by atoms with Crippen LogP contribution in [0.15, 0.2) is 34.8 Å². The van der Waals surface area contributed by atoms with Gasteiger partial charge < -0.3 is 4.57 Å². The van der Waals surface area contributed by atoms with Gasteiger partial charge in [0.1, 0.15) is 10.8 Å². The lowest BCUT2D eigenvalue weighted by atomic mass is 10.1. The maximum atomic E-state index is 4.78. The molecule has 0 unspecified atom stereocenters. The van der Waals surface area contributed by atoms with Gasteiger partial charge in [-0.1, -0.05) is 42.4 Å². The van der Waals surface area contributed by atoms with E-state index in [-0.39, 0.29) is 0 Å². The molecule has 0 aliphatic heterocycles. The van der Waals surface area contributed by atoms with Gasteiger partial charge in [-0.2, -0.15) is 0 Å². The van der Waals surface area contributed by atoms with E-state index in [1.165, 1.54) is 11.1 Å². The number of aryl methyl sites for hydroxylation is 2. The van der Waals surface area contributed by atoms with Crippen molar-refractivity contribution in [1.82, 2.24) is 19.7 Å². The van der Waals surface area contributed by atoms with Crippen LogP contribution in [0.1, 0.15) is 43.9 Å². The number of thioether (sulfide) groups is 1. The molecule has 4 nitrogen and oxygen atoms in total. The van der Waals surface area contributed by atoms with Crippen LogP contribution in [0.4, 0.5) is 0 Å². The van der Waals surface area contributed by atoms with Gasteiger partial charge in [0.15, 0.2) is 5.16 Å². The lowest BCUT2D eigenvalue weighted by Gasteiger charge is -2.12. The third-order valence-electron chi connectivity index (χ3n) is 3.73. The first-order chi connectivity index (χ1) is 11.6. The molecule has 0 fully saturated rings. The third kappa shape index (κ3) is 3.70. The zero-order chi connectivity index (χ0) is 17.1. The average Bonchev–Trinajstić information content (AvgIpc) is 3.19. The minimum atomic E-state index is 0.371. The second-order valence-corrected chi connectivity index (χ2v) is 7.82. The van der Waals surface area contributed by atoms with Crippen LogP contribution in [0.5, 0.6) is 0 Å². The van der Waals surface area contributed by atoms with Crippen LogP contribution in [0.25, 0.3) is 10.6 Å². The molecule has 0 amide bonds. The van der Waals surface area contributed by atoms with Crippen molar-refractivity contribution in [3.8, 4) is 10.6 Å². The van der Waals surface area contributed by atoms with Gasteiger partial charge >= 0.3 is 0 Å². The van der Waals surface area contributed by atoms with Crippen molar-refractivity contribution in [3.05, 3.63) is 46.7 Å². The van der Waals surface area contributed by atoms with Gasteiger partial charge in [-0.15, -0.1) is 21.5 Å². The fourth-order valence-electron chi connectivity index (χ4n) is 2.59. The molecule has 0 bridgehead atoms. The number of rotatable bonds is 6. The molecule has 24 heavy (non-hydrogen) atoms. The fourth-order valence-corrected chi connectivity index (χ4v) is 4.49. The summed E-state index contributed by atoms with van der Waals surface area (Å²) in [6, 6.07) is 8.86. The van der Waals surface area contributed by atoms with Crippen LogP contribution < -0.4 is 0 Å².